The molecule has 0 unspecified atom stereocenters. The van der Waals surface area contributed by atoms with Crippen molar-refractivity contribution in [1.29, 1.82) is 0 Å². The molecular formula is C19H18BrN3O4. The van der Waals surface area contributed by atoms with E-state index in [-0.39, 0.29) is 18.0 Å². The lowest BCUT2D eigenvalue weighted by Crippen LogP contribution is -2.34. The predicted octanol–water partition coefficient (Wildman–Crippen LogP) is 2.36. The number of carbonyl (C=O) groups is 1. The number of fused-ring (bicyclic) bond motifs is 1. The van der Waals surface area contributed by atoms with Crippen molar-refractivity contribution in [2.24, 2.45) is 0 Å². The van der Waals surface area contributed by atoms with E-state index in [1.54, 1.807) is 43.5 Å². The minimum atomic E-state index is -0.286. The molecule has 1 aromatic heterocycles. The van der Waals surface area contributed by atoms with Gasteiger partial charge in [-0.3, -0.25) is 14.2 Å². The van der Waals surface area contributed by atoms with Crippen LogP contribution in [0.15, 0.2) is 58.1 Å². The van der Waals surface area contributed by atoms with E-state index in [1.807, 2.05) is 6.07 Å². The molecule has 3 rings (SSSR count). The smallest absolute Gasteiger partial charge is 0.261 e. The minimum Gasteiger partial charge on any atom is -0.497 e. The Balaban J connectivity index is 1.52. The Morgan fingerprint density at radius 1 is 1.19 bits per heavy atom. The average molecular weight is 432 g/mol. The van der Waals surface area contributed by atoms with Crippen LogP contribution in [-0.4, -0.2) is 35.7 Å². The largest absolute Gasteiger partial charge is 0.497 e. The Morgan fingerprint density at radius 3 is 2.67 bits per heavy atom. The summed E-state index contributed by atoms with van der Waals surface area (Å²) in [6.45, 7) is 0.541. The van der Waals surface area contributed by atoms with Crippen molar-refractivity contribution < 1.29 is 14.3 Å². The lowest BCUT2D eigenvalue weighted by atomic mass is 10.2. The second kappa shape index (κ2) is 8.68. The zero-order valence-corrected chi connectivity index (χ0v) is 16.2. The average Bonchev–Trinajstić information content (AvgIpc) is 2.68. The van der Waals surface area contributed by atoms with Gasteiger partial charge in [0.05, 0.1) is 30.9 Å². The lowest BCUT2D eigenvalue weighted by Gasteiger charge is -2.10. The number of benzene rings is 2. The summed E-state index contributed by atoms with van der Waals surface area (Å²) in [5.41, 5.74) is 0.332. The second-order valence-electron chi connectivity index (χ2n) is 5.71. The van der Waals surface area contributed by atoms with Gasteiger partial charge in [0.2, 0.25) is 5.91 Å². The van der Waals surface area contributed by atoms with Crippen LogP contribution in [0.25, 0.3) is 10.9 Å². The van der Waals surface area contributed by atoms with Crippen LogP contribution in [0, 0.1) is 0 Å². The lowest BCUT2D eigenvalue weighted by molar-refractivity contribution is -0.121. The van der Waals surface area contributed by atoms with Gasteiger partial charge in [0.1, 0.15) is 24.7 Å². The highest BCUT2D eigenvalue weighted by Gasteiger charge is 2.08. The van der Waals surface area contributed by atoms with Gasteiger partial charge in [0.25, 0.3) is 5.56 Å². The number of amides is 1. The standard InChI is InChI=1S/C19H18BrN3O4/c1-26-14-3-5-15(6-4-14)27-9-8-21-18(24)11-23-12-22-17-7-2-13(20)10-16(17)19(23)25/h2-7,10,12H,8-9,11H2,1H3,(H,21,24). The molecular weight excluding hydrogens is 414 g/mol. The molecule has 0 atom stereocenters. The fourth-order valence-electron chi connectivity index (χ4n) is 2.49. The van der Waals surface area contributed by atoms with Gasteiger partial charge in [-0.2, -0.15) is 0 Å². The molecule has 27 heavy (non-hydrogen) atoms. The molecule has 0 spiro atoms. The van der Waals surface area contributed by atoms with Crippen LogP contribution in [0.2, 0.25) is 0 Å². The summed E-state index contributed by atoms with van der Waals surface area (Å²) in [4.78, 5) is 28.8. The molecule has 0 fully saturated rings. The van der Waals surface area contributed by atoms with Crippen LogP contribution < -0.4 is 20.3 Å². The Kier molecular flexibility index (Phi) is 6.08. The highest BCUT2D eigenvalue weighted by atomic mass is 79.9. The summed E-state index contributed by atoms with van der Waals surface area (Å²) in [6, 6.07) is 12.4. The molecule has 0 aliphatic rings. The number of nitrogens with zero attached hydrogens (tertiary/aromatic N) is 2. The summed E-state index contributed by atoms with van der Waals surface area (Å²) >= 11 is 3.34. The van der Waals surface area contributed by atoms with Crippen molar-refractivity contribution in [3.8, 4) is 11.5 Å². The van der Waals surface area contributed by atoms with Gasteiger partial charge in [-0.1, -0.05) is 15.9 Å². The molecule has 0 saturated heterocycles. The topological polar surface area (TPSA) is 82.4 Å². The number of hydrogen-bond acceptors (Lipinski definition) is 5. The summed E-state index contributed by atoms with van der Waals surface area (Å²) in [5, 5.41) is 3.19. The van der Waals surface area contributed by atoms with Crippen LogP contribution in [0.3, 0.4) is 0 Å². The molecule has 3 aromatic rings. The highest BCUT2D eigenvalue weighted by Crippen LogP contribution is 2.17. The molecule has 1 heterocycles. The van der Waals surface area contributed by atoms with Crippen molar-refractivity contribution >= 4 is 32.7 Å². The molecule has 0 aliphatic carbocycles. The number of methoxy groups -OCH3 is 1. The van der Waals surface area contributed by atoms with E-state index >= 15 is 0 Å². The van der Waals surface area contributed by atoms with Crippen LogP contribution >= 0.6 is 15.9 Å². The van der Waals surface area contributed by atoms with Crippen LogP contribution in [0.1, 0.15) is 0 Å². The third-order valence-corrected chi connectivity index (χ3v) is 4.35. The molecule has 0 bridgehead atoms. The number of aromatic nitrogens is 2. The van der Waals surface area contributed by atoms with Crippen LogP contribution in [0.4, 0.5) is 0 Å². The van der Waals surface area contributed by atoms with Gasteiger partial charge >= 0.3 is 0 Å². The quantitative estimate of drug-likeness (QED) is 0.580. The van der Waals surface area contributed by atoms with E-state index < -0.39 is 0 Å². The number of halogens is 1. The number of ether oxygens (including phenoxy) is 2. The molecule has 2 aromatic carbocycles. The van der Waals surface area contributed by atoms with E-state index in [0.717, 1.165) is 10.2 Å². The maximum atomic E-state index is 12.5. The van der Waals surface area contributed by atoms with Gasteiger partial charge in [-0.25, -0.2) is 4.98 Å². The summed E-state index contributed by atoms with van der Waals surface area (Å²) in [5.74, 6) is 1.15. The monoisotopic (exact) mass is 431 g/mol. The maximum Gasteiger partial charge on any atom is 0.261 e. The van der Waals surface area contributed by atoms with E-state index in [9.17, 15) is 9.59 Å². The molecule has 0 saturated carbocycles. The van der Waals surface area contributed by atoms with E-state index in [2.05, 4.69) is 26.2 Å². The minimum absolute atomic E-state index is 0.100. The normalized spacial score (nSPS) is 10.6. The van der Waals surface area contributed by atoms with Crippen molar-refractivity contribution in [3.05, 3.63) is 63.6 Å². The van der Waals surface area contributed by atoms with Crippen molar-refractivity contribution in [2.45, 2.75) is 6.54 Å². The van der Waals surface area contributed by atoms with Gasteiger partial charge in [-0.15, -0.1) is 0 Å². The number of carbonyl (C=O) groups excluding carboxylic acids is 1. The zero-order chi connectivity index (χ0) is 19.2. The first-order valence-electron chi connectivity index (χ1n) is 8.25. The first-order valence-corrected chi connectivity index (χ1v) is 9.04. The van der Waals surface area contributed by atoms with E-state index in [4.69, 9.17) is 9.47 Å². The molecule has 0 radical (unpaired) electrons. The van der Waals surface area contributed by atoms with Crippen LogP contribution in [0.5, 0.6) is 11.5 Å². The zero-order valence-electron chi connectivity index (χ0n) is 14.6. The molecule has 0 aliphatic heterocycles. The summed E-state index contributed by atoms with van der Waals surface area (Å²) in [6.07, 6.45) is 1.38. The fourth-order valence-corrected chi connectivity index (χ4v) is 2.85. The molecule has 140 valence electrons. The molecule has 8 heteroatoms. The summed E-state index contributed by atoms with van der Waals surface area (Å²) < 4.78 is 12.7. The Hall–Kier alpha value is -2.87. The first-order chi connectivity index (χ1) is 13.1. The van der Waals surface area contributed by atoms with Gasteiger partial charge in [-0.05, 0) is 42.5 Å². The Morgan fingerprint density at radius 2 is 1.93 bits per heavy atom. The van der Waals surface area contributed by atoms with E-state index in [1.165, 1.54) is 10.9 Å². The van der Waals surface area contributed by atoms with Crippen molar-refractivity contribution in [2.75, 3.05) is 20.3 Å². The second-order valence-corrected chi connectivity index (χ2v) is 6.63. The molecule has 1 amide bonds. The predicted molar refractivity (Wildman–Crippen MR) is 105 cm³/mol. The Labute approximate surface area is 164 Å². The number of rotatable bonds is 7. The van der Waals surface area contributed by atoms with Crippen molar-refractivity contribution in [1.82, 2.24) is 14.9 Å². The van der Waals surface area contributed by atoms with Crippen molar-refractivity contribution in [3.63, 3.8) is 0 Å². The third kappa shape index (κ3) is 4.85. The number of hydrogen-bond donors (Lipinski definition) is 1. The SMILES string of the molecule is COc1ccc(OCCNC(=O)Cn2cnc3ccc(Br)cc3c2=O)cc1. The van der Waals surface area contributed by atoms with Gasteiger partial charge < -0.3 is 14.8 Å². The summed E-state index contributed by atoms with van der Waals surface area (Å²) in [7, 11) is 1.60. The first kappa shape index (κ1) is 18.9. The van der Waals surface area contributed by atoms with Gasteiger partial charge in [0, 0.05) is 4.47 Å². The molecule has 7 nitrogen and oxygen atoms in total. The third-order valence-electron chi connectivity index (χ3n) is 3.85. The maximum absolute atomic E-state index is 12.5. The Bertz CT molecular complexity index is 1000. The van der Waals surface area contributed by atoms with Gasteiger partial charge in [0.15, 0.2) is 0 Å². The number of nitrogens with one attached hydrogen (secondary N) is 1. The highest BCUT2D eigenvalue weighted by molar-refractivity contribution is 9.10. The fraction of sp³-hybridized carbons (Fsp3) is 0.211. The van der Waals surface area contributed by atoms with Crippen LogP contribution in [-0.2, 0) is 11.3 Å². The molecule has 1 N–H and O–H groups in total. The van der Waals surface area contributed by atoms with E-state index in [0.29, 0.717) is 29.8 Å².